The molecule has 0 aliphatic carbocycles. The monoisotopic (exact) mass is 544 g/mol. The normalized spacial score (nSPS) is 13.5. The lowest BCUT2D eigenvalue weighted by atomic mass is 10.1. The second-order valence-electron chi connectivity index (χ2n) is 8.98. The molecule has 194 valence electrons. The molecule has 2 heterocycles. The van der Waals surface area contributed by atoms with Crippen molar-refractivity contribution in [3.63, 3.8) is 0 Å². The van der Waals surface area contributed by atoms with Crippen molar-refractivity contribution in [2.45, 2.75) is 24.4 Å². The second kappa shape index (κ2) is 11.3. The molecule has 0 bridgehead atoms. The number of anilines is 2. The van der Waals surface area contributed by atoms with Gasteiger partial charge in [-0.25, -0.2) is 13.4 Å². The van der Waals surface area contributed by atoms with Crippen molar-refractivity contribution >= 4 is 38.1 Å². The van der Waals surface area contributed by atoms with Crippen LogP contribution in [0.2, 0.25) is 0 Å². The summed E-state index contributed by atoms with van der Waals surface area (Å²) in [5, 5.41) is 3.39. The summed E-state index contributed by atoms with van der Waals surface area (Å²) in [4.78, 5) is 21.3. The van der Waals surface area contributed by atoms with Crippen molar-refractivity contribution in [2.24, 2.45) is 0 Å². The zero-order valence-corrected chi connectivity index (χ0v) is 22.4. The van der Waals surface area contributed by atoms with Crippen LogP contribution < -0.4 is 9.62 Å². The number of benzene rings is 3. The fourth-order valence-electron chi connectivity index (χ4n) is 4.43. The van der Waals surface area contributed by atoms with Gasteiger partial charge in [-0.2, -0.15) is 0 Å². The van der Waals surface area contributed by atoms with E-state index in [2.05, 4.69) is 33.9 Å². The van der Waals surface area contributed by atoms with E-state index in [9.17, 15) is 13.2 Å². The topological polar surface area (TPSA) is 82.6 Å². The lowest BCUT2D eigenvalue weighted by molar-refractivity contribution is 0.102. The number of hydrogen-bond acceptors (Lipinski definition) is 6. The van der Waals surface area contributed by atoms with Gasteiger partial charge in [0.15, 0.2) is 5.13 Å². The fraction of sp³-hybridized carbons (Fsp3) is 0.172. The number of aromatic nitrogens is 1. The number of para-hydroxylation sites is 1. The largest absolute Gasteiger partial charge is 0.298 e. The Labute approximate surface area is 227 Å². The molecule has 0 spiro atoms. The first-order valence-electron chi connectivity index (χ1n) is 12.3. The molecule has 0 fully saturated rings. The van der Waals surface area contributed by atoms with Crippen molar-refractivity contribution in [1.29, 1.82) is 0 Å². The van der Waals surface area contributed by atoms with E-state index < -0.39 is 15.9 Å². The highest BCUT2D eigenvalue weighted by Gasteiger charge is 2.26. The second-order valence-corrected chi connectivity index (χ2v) is 11.9. The molecule has 1 N–H and O–H groups in total. The highest BCUT2D eigenvalue weighted by atomic mass is 32.2. The molecule has 4 aromatic rings. The Morgan fingerprint density at radius 3 is 2.53 bits per heavy atom. The maximum absolute atomic E-state index is 13.5. The van der Waals surface area contributed by atoms with Gasteiger partial charge in [0.2, 0.25) is 0 Å². The lowest BCUT2D eigenvalue weighted by Gasteiger charge is -2.25. The van der Waals surface area contributed by atoms with E-state index in [1.165, 1.54) is 39.4 Å². The third kappa shape index (κ3) is 5.70. The van der Waals surface area contributed by atoms with E-state index in [1.54, 1.807) is 36.4 Å². The molecule has 1 amide bonds. The number of nitrogens with one attached hydrogen (secondary N) is 1. The Bertz CT molecular complexity index is 1540. The van der Waals surface area contributed by atoms with Gasteiger partial charge in [0.25, 0.3) is 15.9 Å². The van der Waals surface area contributed by atoms with Gasteiger partial charge in [0.05, 0.1) is 22.8 Å². The zero-order valence-electron chi connectivity index (χ0n) is 20.8. The maximum Gasteiger partial charge on any atom is 0.264 e. The van der Waals surface area contributed by atoms with Gasteiger partial charge in [0.1, 0.15) is 0 Å². The van der Waals surface area contributed by atoms with Gasteiger partial charge >= 0.3 is 0 Å². The Kier molecular flexibility index (Phi) is 7.69. The van der Waals surface area contributed by atoms with E-state index in [-0.39, 0.29) is 17.0 Å². The third-order valence-corrected chi connectivity index (χ3v) is 9.09. The molecule has 1 aliphatic rings. The Balaban J connectivity index is 1.31. The summed E-state index contributed by atoms with van der Waals surface area (Å²) in [7, 11) is -3.92. The van der Waals surface area contributed by atoms with E-state index >= 15 is 0 Å². The van der Waals surface area contributed by atoms with Crippen LogP contribution in [0.5, 0.6) is 0 Å². The predicted molar refractivity (Wildman–Crippen MR) is 152 cm³/mol. The van der Waals surface area contributed by atoms with Crippen LogP contribution in [0, 0.1) is 0 Å². The number of carbonyl (C=O) groups excluding carboxylic acids is 1. The van der Waals surface area contributed by atoms with Gasteiger partial charge in [-0.15, -0.1) is 17.9 Å². The van der Waals surface area contributed by atoms with Gasteiger partial charge in [-0.1, -0.05) is 60.7 Å². The molecule has 9 heteroatoms. The lowest BCUT2D eigenvalue weighted by Crippen LogP contribution is -2.31. The molecule has 1 aromatic heterocycles. The Morgan fingerprint density at radius 1 is 1.05 bits per heavy atom. The summed E-state index contributed by atoms with van der Waals surface area (Å²) in [6, 6.07) is 25.3. The van der Waals surface area contributed by atoms with Crippen LogP contribution in [0.25, 0.3) is 0 Å². The maximum atomic E-state index is 13.5. The number of amides is 1. The number of rotatable bonds is 9. The highest BCUT2D eigenvalue weighted by molar-refractivity contribution is 7.92. The molecule has 0 saturated carbocycles. The van der Waals surface area contributed by atoms with Crippen LogP contribution in [0.15, 0.2) is 102 Å². The van der Waals surface area contributed by atoms with Crippen molar-refractivity contribution in [3.05, 3.63) is 119 Å². The molecular formula is C29H28N4O3S2. The number of fused-ring (bicyclic) bond motifs is 1. The van der Waals surface area contributed by atoms with E-state index in [4.69, 9.17) is 0 Å². The smallest absolute Gasteiger partial charge is 0.264 e. The molecule has 38 heavy (non-hydrogen) atoms. The minimum absolute atomic E-state index is 0.0332. The first-order valence-corrected chi connectivity index (χ1v) is 14.5. The molecule has 0 radical (unpaired) electrons. The molecule has 0 unspecified atom stereocenters. The summed E-state index contributed by atoms with van der Waals surface area (Å²) in [5.74, 6) is -0.399. The molecule has 0 saturated heterocycles. The quantitative estimate of drug-likeness (QED) is 0.288. The van der Waals surface area contributed by atoms with Crippen LogP contribution in [0.1, 0.15) is 26.5 Å². The molecule has 3 aromatic carbocycles. The fourth-order valence-corrected chi connectivity index (χ4v) is 6.95. The van der Waals surface area contributed by atoms with Gasteiger partial charge in [-0.3, -0.25) is 19.3 Å². The first-order chi connectivity index (χ1) is 18.4. The SMILES string of the molecule is C=CCN(c1ccccc1)S(=O)(=O)c1cccc(C(=O)Nc2nc3c(s2)CN(Cc2ccccc2)CC3)c1. The number of hydrogen-bond donors (Lipinski definition) is 1. The standard InChI is InChI=1S/C29H28N4O3S2/c1-2-17-33(24-13-7-4-8-14-24)38(35,36)25-15-9-12-23(19-25)28(34)31-29-30-26-16-18-32(21-27(26)37-29)20-22-10-5-3-6-11-22/h2-15,19H,1,16-18,20-21H2,(H,30,31,34). The number of carbonyl (C=O) groups is 1. The van der Waals surface area contributed by atoms with Crippen LogP contribution in [-0.4, -0.2) is 37.3 Å². The van der Waals surface area contributed by atoms with Gasteiger partial charge < -0.3 is 0 Å². The summed E-state index contributed by atoms with van der Waals surface area (Å²) in [5.41, 5.74) is 3.05. The first kappa shape index (κ1) is 25.8. The molecule has 1 aliphatic heterocycles. The summed E-state index contributed by atoms with van der Waals surface area (Å²) < 4.78 is 28.2. The minimum Gasteiger partial charge on any atom is -0.298 e. The van der Waals surface area contributed by atoms with Gasteiger partial charge in [0, 0.05) is 36.5 Å². The Morgan fingerprint density at radius 2 is 1.79 bits per heavy atom. The van der Waals surface area contributed by atoms with Crippen molar-refractivity contribution in [3.8, 4) is 0 Å². The van der Waals surface area contributed by atoms with Crippen molar-refractivity contribution < 1.29 is 13.2 Å². The number of sulfonamides is 1. The zero-order chi connectivity index (χ0) is 26.5. The van der Waals surface area contributed by atoms with E-state index in [1.807, 2.05) is 24.3 Å². The van der Waals surface area contributed by atoms with Crippen molar-refractivity contribution in [2.75, 3.05) is 22.7 Å². The number of thiazole rings is 1. The Hall–Kier alpha value is -3.79. The molecular weight excluding hydrogens is 516 g/mol. The van der Waals surface area contributed by atoms with Crippen LogP contribution >= 0.6 is 11.3 Å². The minimum atomic E-state index is -3.92. The third-order valence-electron chi connectivity index (χ3n) is 6.30. The molecule has 5 rings (SSSR count). The summed E-state index contributed by atoms with van der Waals surface area (Å²) >= 11 is 1.47. The summed E-state index contributed by atoms with van der Waals surface area (Å²) in [6.07, 6.45) is 2.35. The average molecular weight is 545 g/mol. The molecule has 0 atom stereocenters. The summed E-state index contributed by atoms with van der Waals surface area (Å²) in [6.45, 7) is 6.36. The highest BCUT2D eigenvalue weighted by Crippen LogP contribution is 2.30. The van der Waals surface area contributed by atoms with Crippen LogP contribution in [0.3, 0.4) is 0 Å². The molecule has 7 nitrogen and oxygen atoms in total. The van der Waals surface area contributed by atoms with E-state index in [0.29, 0.717) is 10.8 Å². The predicted octanol–water partition coefficient (Wildman–Crippen LogP) is 5.34. The van der Waals surface area contributed by atoms with Crippen LogP contribution in [-0.2, 0) is 29.5 Å². The van der Waals surface area contributed by atoms with E-state index in [0.717, 1.165) is 36.6 Å². The number of nitrogens with zero attached hydrogens (tertiary/aromatic N) is 3. The average Bonchev–Trinajstić information content (AvgIpc) is 3.34. The van der Waals surface area contributed by atoms with Gasteiger partial charge in [-0.05, 0) is 35.9 Å². The van der Waals surface area contributed by atoms with Crippen molar-refractivity contribution in [1.82, 2.24) is 9.88 Å². The van der Waals surface area contributed by atoms with Crippen LogP contribution in [0.4, 0.5) is 10.8 Å².